The first-order valence-corrected chi connectivity index (χ1v) is 11.4. The van der Waals surface area contributed by atoms with Gasteiger partial charge in [0.25, 0.3) is 0 Å². The van der Waals surface area contributed by atoms with Crippen LogP contribution in [0.15, 0.2) is 18.2 Å². The van der Waals surface area contributed by atoms with Crippen molar-refractivity contribution in [2.24, 2.45) is 0 Å². The molecule has 0 bridgehead atoms. The van der Waals surface area contributed by atoms with E-state index in [-0.39, 0.29) is 29.6 Å². The summed E-state index contributed by atoms with van der Waals surface area (Å²) in [5.41, 5.74) is 2.28. The Morgan fingerprint density at radius 1 is 0.926 bits per heavy atom. The van der Waals surface area contributed by atoms with E-state index in [0.717, 1.165) is 37.7 Å². The van der Waals surface area contributed by atoms with E-state index in [0.29, 0.717) is 5.75 Å². The van der Waals surface area contributed by atoms with Crippen LogP contribution in [0.4, 0.5) is 0 Å². The molecule has 4 nitrogen and oxygen atoms in total. The smallest absolute Gasteiger partial charge is 0.745 e. The fraction of sp³-hybridized carbons (Fsp3) is 0.714. The first-order chi connectivity index (χ1) is 12.2. The first kappa shape index (κ1) is 26.9. The van der Waals surface area contributed by atoms with Gasteiger partial charge >= 0.3 is 29.6 Å². The van der Waals surface area contributed by atoms with Crippen molar-refractivity contribution in [3.63, 3.8) is 0 Å². The molecule has 0 radical (unpaired) electrons. The van der Waals surface area contributed by atoms with Gasteiger partial charge in [-0.25, -0.2) is 8.42 Å². The van der Waals surface area contributed by atoms with Crippen LogP contribution < -0.4 is 34.3 Å². The summed E-state index contributed by atoms with van der Waals surface area (Å²) in [5.74, 6) is 0.541. The fourth-order valence-corrected chi connectivity index (χ4v) is 3.20. The van der Waals surface area contributed by atoms with E-state index >= 15 is 0 Å². The van der Waals surface area contributed by atoms with Gasteiger partial charge in [0.15, 0.2) is 4.93 Å². The molecular formula is C21H35NaO4S. The van der Waals surface area contributed by atoms with E-state index in [4.69, 9.17) is 4.74 Å². The minimum atomic E-state index is -4.56. The molecule has 0 spiro atoms. The molecule has 0 unspecified atom stereocenters. The summed E-state index contributed by atoms with van der Waals surface area (Å²) in [6, 6.07) is 5.79. The Kier molecular flexibility index (Phi) is 13.2. The van der Waals surface area contributed by atoms with E-state index in [9.17, 15) is 13.0 Å². The number of ether oxygens (including phenoxy) is 1. The van der Waals surface area contributed by atoms with Crippen molar-refractivity contribution < 1.29 is 47.3 Å². The van der Waals surface area contributed by atoms with Gasteiger partial charge in [0.05, 0.1) is 0 Å². The second-order valence-corrected chi connectivity index (χ2v) is 9.36. The molecule has 150 valence electrons. The molecule has 0 saturated carbocycles. The zero-order valence-electron chi connectivity index (χ0n) is 17.8. The Balaban J connectivity index is 0.00000676. The van der Waals surface area contributed by atoms with Crippen LogP contribution in [0, 0.1) is 0 Å². The number of hydrogen-bond donors (Lipinski definition) is 0. The molecule has 0 saturated heterocycles. The van der Waals surface area contributed by atoms with Crippen LogP contribution >= 0.6 is 0 Å². The Hall–Kier alpha value is -0.0700. The number of aryl methyl sites for hydroxylation is 1. The van der Waals surface area contributed by atoms with Crippen LogP contribution in [0.2, 0.25) is 0 Å². The monoisotopic (exact) mass is 406 g/mol. The fourth-order valence-electron chi connectivity index (χ4n) is 3.01. The molecule has 1 aromatic rings. The van der Waals surface area contributed by atoms with Gasteiger partial charge < -0.3 is 9.29 Å². The predicted molar refractivity (Wildman–Crippen MR) is 107 cm³/mol. The summed E-state index contributed by atoms with van der Waals surface area (Å²) in [6.07, 6.45) is 11.1. The van der Waals surface area contributed by atoms with Crippen LogP contribution in [0.5, 0.6) is 5.75 Å². The zero-order valence-corrected chi connectivity index (χ0v) is 20.7. The van der Waals surface area contributed by atoms with E-state index in [1.807, 2.05) is 6.07 Å². The molecule has 6 heteroatoms. The Bertz CT molecular complexity index is 642. The van der Waals surface area contributed by atoms with Crippen molar-refractivity contribution in [2.45, 2.75) is 96.8 Å². The molecule has 1 rings (SSSR count). The summed E-state index contributed by atoms with van der Waals surface area (Å²) in [4.78, 5) is -1.77. The maximum Gasteiger partial charge on any atom is 1.00 e. The van der Waals surface area contributed by atoms with Crippen molar-refractivity contribution in [2.75, 3.05) is 0 Å². The van der Waals surface area contributed by atoms with Crippen LogP contribution in [0.3, 0.4) is 0 Å². The average Bonchev–Trinajstić information content (AvgIpc) is 2.56. The second kappa shape index (κ2) is 13.2. The van der Waals surface area contributed by atoms with E-state index in [2.05, 4.69) is 19.9 Å². The van der Waals surface area contributed by atoms with E-state index < -0.39 is 15.1 Å². The van der Waals surface area contributed by atoms with Gasteiger partial charge in [-0.05, 0) is 56.7 Å². The summed E-state index contributed by atoms with van der Waals surface area (Å²) in [5, 5.41) is 0. The number of rotatable bonds is 13. The molecule has 0 atom stereocenters. The molecule has 0 aromatic heterocycles. The normalized spacial score (nSPS) is 11.9. The largest absolute Gasteiger partial charge is 1.00 e. The molecule has 1 aromatic carbocycles. The van der Waals surface area contributed by atoms with Crippen LogP contribution in [0.25, 0.3) is 0 Å². The Morgan fingerprint density at radius 2 is 1.48 bits per heavy atom. The van der Waals surface area contributed by atoms with Gasteiger partial charge in [-0.1, -0.05) is 64.5 Å². The van der Waals surface area contributed by atoms with Gasteiger partial charge in [-0.15, -0.1) is 0 Å². The van der Waals surface area contributed by atoms with Crippen LogP contribution in [-0.2, 0) is 23.0 Å². The standard InChI is InChI=1S/C21H36O4S.Na/c1-5-7-9-11-14-18-15-13-17-20(19(18)16-12-10-8-6-2)25-21(3,4)26(22,23)24;/h13,15,17H,5-12,14,16H2,1-4H3,(H,22,23,24);/q;+1/p-1. The number of unbranched alkanes of at least 4 members (excludes halogenated alkanes) is 6. The first-order valence-electron chi connectivity index (χ1n) is 9.98. The van der Waals surface area contributed by atoms with Gasteiger partial charge in [0, 0.05) is 0 Å². The molecule has 0 aliphatic rings. The topological polar surface area (TPSA) is 66.4 Å². The van der Waals surface area contributed by atoms with E-state index in [1.54, 1.807) is 6.07 Å². The Morgan fingerprint density at radius 3 is 2.00 bits per heavy atom. The molecule has 0 N–H and O–H groups in total. The second-order valence-electron chi connectivity index (χ2n) is 7.47. The molecule has 27 heavy (non-hydrogen) atoms. The summed E-state index contributed by atoms with van der Waals surface area (Å²) >= 11 is 0. The third kappa shape index (κ3) is 9.31. The third-order valence-electron chi connectivity index (χ3n) is 4.77. The minimum Gasteiger partial charge on any atom is -0.745 e. The molecule has 0 aliphatic carbocycles. The average molecular weight is 407 g/mol. The van der Waals surface area contributed by atoms with Crippen molar-refractivity contribution in [1.29, 1.82) is 0 Å². The van der Waals surface area contributed by atoms with Crippen LogP contribution in [-0.4, -0.2) is 17.9 Å². The van der Waals surface area contributed by atoms with Gasteiger partial charge in [0.1, 0.15) is 15.9 Å². The maximum atomic E-state index is 11.5. The predicted octanol–water partition coefficient (Wildman–Crippen LogP) is 2.60. The molecule has 0 aliphatic heterocycles. The molecule has 0 fully saturated rings. The summed E-state index contributed by atoms with van der Waals surface area (Å²) < 4.78 is 40.3. The molecule has 0 amide bonds. The van der Waals surface area contributed by atoms with Gasteiger partial charge in [-0.2, -0.15) is 0 Å². The SMILES string of the molecule is CCCCCCc1cccc(OC(C)(C)S(=O)(=O)[O-])c1CCCCCC.[Na+]. The van der Waals surface area contributed by atoms with Crippen molar-refractivity contribution in [1.82, 2.24) is 0 Å². The minimum absolute atomic E-state index is 0. The van der Waals surface area contributed by atoms with Gasteiger partial charge in [0.2, 0.25) is 0 Å². The zero-order chi connectivity index (χ0) is 19.6. The third-order valence-corrected chi connectivity index (χ3v) is 6.06. The van der Waals surface area contributed by atoms with Crippen molar-refractivity contribution in [3.05, 3.63) is 29.3 Å². The number of hydrogen-bond acceptors (Lipinski definition) is 4. The van der Waals surface area contributed by atoms with Crippen molar-refractivity contribution >= 4 is 10.1 Å². The summed E-state index contributed by atoms with van der Waals surface area (Å²) in [6.45, 7) is 7.02. The maximum absolute atomic E-state index is 11.5. The van der Waals surface area contributed by atoms with Crippen molar-refractivity contribution in [3.8, 4) is 5.75 Å². The summed E-state index contributed by atoms with van der Waals surface area (Å²) in [7, 11) is -4.56. The number of benzene rings is 1. The molecule has 0 heterocycles. The van der Waals surface area contributed by atoms with Gasteiger partial charge in [-0.3, -0.25) is 0 Å². The van der Waals surface area contributed by atoms with Crippen LogP contribution in [0.1, 0.15) is 90.2 Å². The Labute approximate surface area is 188 Å². The van der Waals surface area contributed by atoms with E-state index in [1.165, 1.54) is 51.5 Å². The quantitative estimate of drug-likeness (QED) is 0.287. The molecular weight excluding hydrogens is 371 g/mol.